The molecule has 2 heterocycles. The number of carbonyl (C=O) groups excluding carboxylic acids is 2. The monoisotopic (exact) mass is 420 g/mol. The highest BCUT2D eigenvalue weighted by molar-refractivity contribution is 6.26. The summed E-state index contributed by atoms with van der Waals surface area (Å²) in [5, 5.41) is 3.57. The zero-order valence-electron chi connectivity index (χ0n) is 17.2. The predicted octanol–water partition coefficient (Wildman–Crippen LogP) is 4.89. The van der Waals surface area contributed by atoms with E-state index in [9.17, 15) is 9.59 Å². The molecular formula is C27H20N2O3. The van der Waals surface area contributed by atoms with Gasteiger partial charge in [0.2, 0.25) is 5.91 Å². The number of fused-ring (bicyclic) bond motifs is 2. The Morgan fingerprint density at radius 1 is 0.656 bits per heavy atom. The number of para-hydroxylation sites is 1. The number of benzene rings is 4. The van der Waals surface area contributed by atoms with Gasteiger partial charge in [-0.3, -0.25) is 14.4 Å². The predicted molar refractivity (Wildman–Crippen MR) is 123 cm³/mol. The van der Waals surface area contributed by atoms with Gasteiger partial charge in [-0.05, 0) is 29.1 Å². The summed E-state index contributed by atoms with van der Waals surface area (Å²) in [6.45, 7) is 0. The third-order valence-electron chi connectivity index (χ3n) is 6.27. The first-order valence-electron chi connectivity index (χ1n) is 10.7. The van der Waals surface area contributed by atoms with E-state index in [2.05, 4.69) is 0 Å². The standard InChI is InChI=1S/C27H20N2O3/c30-26-23-24(19-11-3-1-4-12-19)29(20-14-5-2-6-15-20)32-25(23)27(31)28(26)22-17-9-13-18-10-7-8-16-21(18)22/h1-17,23-25H/t23-,24-,25+/m0/s1. The van der Waals surface area contributed by atoms with Crippen molar-refractivity contribution in [3.63, 3.8) is 0 Å². The maximum Gasteiger partial charge on any atom is 0.266 e. The number of amides is 2. The minimum absolute atomic E-state index is 0.233. The van der Waals surface area contributed by atoms with E-state index in [1.165, 1.54) is 4.90 Å². The number of nitrogens with zero attached hydrogens (tertiary/aromatic N) is 2. The van der Waals surface area contributed by atoms with Crippen molar-refractivity contribution in [3.05, 3.63) is 109 Å². The van der Waals surface area contributed by atoms with Crippen LogP contribution in [-0.4, -0.2) is 17.9 Å². The summed E-state index contributed by atoms with van der Waals surface area (Å²) in [7, 11) is 0. The Hall–Kier alpha value is -3.96. The molecule has 2 aliphatic rings. The molecule has 0 unspecified atom stereocenters. The lowest BCUT2D eigenvalue weighted by molar-refractivity contribution is -0.126. The van der Waals surface area contributed by atoms with Crippen LogP contribution in [0.15, 0.2) is 103 Å². The summed E-state index contributed by atoms with van der Waals surface area (Å²) < 4.78 is 0. The largest absolute Gasteiger partial charge is 0.273 e. The van der Waals surface area contributed by atoms with Crippen molar-refractivity contribution in [3.8, 4) is 0 Å². The smallest absolute Gasteiger partial charge is 0.266 e. The van der Waals surface area contributed by atoms with Gasteiger partial charge in [0, 0.05) is 5.39 Å². The van der Waals surface area contributed by atoms with Gasteiger partial charge in [0.15, 0.2) is 6.10 Å². The number of carbonyl (C=O) groups is 2. The van der Waals surface area contributed by atoms with Crippen molar-refractivity contribution in [1.82, 2.24) is 0 Å². The second kappa shape index (κ2) is 7.32. The van der Waals surface area contributed by atoms with Crippen LogP contribution in [0.4, 0.5) is 11.4 Å². The van der Waals surface area contributed by atoms with Crippen LogP contribution in [0.2, 0.25) is 0 Å². The van der Waals surface area contributed by atoms with Crippen LogP contribution in [0, 0.1) is 5.92 Å². The van der Waals surface area contributed by atoms with Crippen molar-refractivity contribution in [2.24, 2.45) is 5.92 Å². The molecule has 0 saturated carbocycles. The molecule has 0 bridgehead atoms. The normalized spacial score (nSPS) is 22.6. The summed E-state index contributed by atoms with van der Waals surface area (Å²) in [6.07, 6.45) is -0.869. The van der Waals surface area contributed by atoms with E-state index in [0.29, 0.717) is 5.69 Å². The molecule has 2 fully saturated rings. The van der Waals surface area contributed by atoms with E-state index >= 15 is 0 Å². The molecule has 4 aromatic rings. The van der Waals surface area contributed by atoms with E-state index < -0.39 is 18.1 Å². The average Bonchev–Trinajstić information content (AvgIpc) is 3.36. The molecule has 5 heteroatoms. The number of anilines is 2. The van der Waals surface area contributed by atoms with Gasteiger partial charge < -0.3 is 0 Å². The summed E-state index contributed by atoms with van der Waals surface area (Å²) in [6, 6.07) is 32.4. The van der Waals surface area contributed by atoms with Crippen molar-refractivity contribution < 1.29 is 14.4 Å². The lowest BCUT2D eigenvalue weighted by Gasteiger charge is -2.29. The molecule has 0 spiro atoms. The van der Waals surface area contributed by atoms with E-state index in [4.69, 9.17) is 4.84 Å². The van der Waals surface area contributed by atoms with Gasteiger partial charge in [-0.2, -0.15) is 0 Å². The molecular weight excluding hydrogens is 400 g/mol. The van der Waals surface area contributed by atoms with Gasteiger partial charge in [0.05, 0.1) is 17.4 Å². The number of imide groups is 1. The molecule has 2 saturated heterocycles. The van der Waals surface area contributed by atoms with Crippen molar-refractivity contribution in [1.29, 1.82) is 0 Å². The fourth-order valence-corrected chi connectivity index (χ4v) is 4.84. The topological polar surface area (TPSA) is 49.9 Å². The Kier molecular flexibility index (Phi) is 4.30. The van der Waals surface area contributed by atoms with E-state index in [1.807, 2.05) is 103 Å². The lowest BCUT2D eigenvalue weighted by Crippen LogP contribution is -2.37. The third-order valence-corrected chi connectivity index (χ3v) is 6.27. The number of hydrogen-bond donors (Lipinski definition) is 0. The molecule has 0 N–H and O–H groups in total. The quantitative estimate of drug-likeness (QED) is 0.443. The van der Waals surface area contributed by atoms with Gasteiger partial charge in [-0.15, -0.1) is 0 Å². The molecule has 0 radical (unpaired) electrons. The number of hydroxylamine groups is 1. The minimum atomic E-state index is -0.869. The third kappa shape index (κ3) is 2.75. The molecule has 32 heavy (non-hydrogen) atoms. The Bertz CT molecular complexity index is 1320. The minimum Gasteiger partial charge on any atom is -0.273 e. The van der Waals surface area contributed by atoms with Crippen LogP contribution in [0.3, 0.4) is 0 Å². The van der Waals surface area contributed by atoms with E-state index in [-0.39, 0.29) is 11.8 Å². The number of hydrogen-bond acceptors (Lipinski definition) is 4. The maximum absolute atomic E-state index is 13.8. The number of rotatable bonds is 3. The highest BCUT2D eigenvalue weighted by atomic mass is 16.7. The van der Waals surface area contributed by atoms with Crippen LogP contribution in [0.5, 0.6) is 0 Å². The Morgan fingerprint density at radius 3 is 2.09 bits per heavy atom. The van der Waals surface area contributed by atoms with Gasteiger partial charge in [-0.1, -0.05) is 84.9 Å². The molecule has 156 valence electrons. The fourth-order valence-electron chi connectivity index (χ4n) is 4.84. The second-order valence-corrected chi connectivity index (χ2v) is 8.08. The van der Waals surface area contributed by atoms with Crippen LogP contribution in [0.25, 0.3) is 10.8 Å². The molecule has 4 aromatic carbocycles. The van der Waals surface area contributed by atoms with E-state index in [0.717, 1.165) is 22.0 Å². The fraction of sp³-hybridized carbons (Fsp3) is 0.111. The van der Waals surface area contributed by atoms with Gasteiger partial charge in [0.1, 0.15) is 5.92 Å². The molecule has 0 aromatic heterocycles. The van der Waals surface area contributed by atoms with Gasteiger partial charge >= 0.3 is 0 Å². The van der Waals surface area contributed by atoms with Crippen LogP contribution in [-0.2, 0) is 14.4 Å². The summed E-state index contributed by atoms with van der Waals surface area (Å²) >= 11 is 0. The maximum atomic E-state index is 13.8. The molecule has 2 aliphatic heterocycles. The summed E-state index contributed by atoms with van der Waals surface area (Å²) in [5.74, 6) is -1.19. The molecule has 5 nitrogen and oxygen atoms in total. The molecule has 3 atom stereocenters. The zero-order chi connectivity index (χ0) is 21.7. The average molecular weight is 420 g/mol. The zero-order valence-corrected chi connectivity index (χ0v) is 17.2. The lowest BCUT2D eigenvalue weighted by atomic mass is 9.90. The SMILES string of the molecule is O=C1[C@@H]2[C@@H](ON(c3ccccc3)[C@H]2c2ccccc2)C(=O)N1c1cccc2ccccc12. The first-order valence-corrected chi connectivity index (χ1v) is 10.7. The summed E-state index contributed by atoms with van der Waals surface area (Å²) in [4.78, 5) is 34.9. The van der Waals surface area contributed by atoms with Crippen molar-refractivity contribution in [2.75, 3.05) is 9.96 Å². The van der Waals surface area contributed by atoms with Crippen LogP contribution >= 0.6 is 0 Å². The highest BCUT2D eigenvalue weighted by Crippen LogP contribution is 2.48. The Balaban J connectivity index is 1.47. The second-order valence-electron chi connectivity index (χ2n) is 8.08. The Labute approximate surface area is 185 Å². The molecule has 6 rings (SSSR count). The van der Waals surface area contributed by atoms with Crippen LogP contribution < -0.4 is 9.96 Å². The first kappa shape index (κ1) is 18.8. The molecule has 0 aliphatic carbocycles. The summed E-state index contributed by atoms with van der Waals surface area (Å²) in [5.41, 5.74) is 2.35. The highest BCUT2D eigenvalue weighted by Gasteiger charge is 2.60. The van der Waals surface area contributed by atoms with Gasteiger partial charge in [-0.25, -0.2) is 9.96 Å². The van der Waals surface area contributed by atoms with Gasteiger partial charge in [0.25, 0.3) is 5.91 Å². The first-order chi connectivity index (χ1) is 15.7. The van der Waals surface area contributed by atoms with Crippen molar-refractivity contribution >= 4 is 34.0 Å². The Morgan fingerprint density at radius 2 is 1.31 bits per heavy atom. The van der Waals surface area contributed by atoms with Crippen molar-refractivity contribution in [2.45, 2.75) is 12.1 Å². The van der Waals surface area contributed by atoms with E-state index in [1.54, 1.807) is 5.06 Å². The van der Waals surface area contributed by atoms with Crippen LogP contribution in [0.1, 0.15) is 11.6 Å². The molecule has 2 amide bonds.